The molecule has 0 aliphatic rings. The summed E-state index contributed by atoms with van der Waals surface area (Å²) in [6.07, 6.45) is 1.03. The zero-order valence-electron chi connectivity index (χ0n) is 14.7. The molecule has 0 aliphatic heterocycles. The predicted molar refractivity (Wildman–Crippen MR) is 92.8 cm³/mol. The number of esters is 1. The highest BCUT2D eigenvalue weighted by atomic mass is 32.2. The van der Waals surface area contributed by atoms with E-state index in [0.717, 1.165) is 6.08 Å². The fourth-order valence-corrected chi connectivity index (χ4v) is 2.34. The molecular weight excluding hydrogens is 336 g/mol. The lowest BCUT2D eigenvalue weighted by Crippen LogP contribution is -2.47. The SMILES string of the molecule is C=C(C(=O)OCCN)C(C)C.C=CC(=O)NC(C)(C)CS(=O)(=O)O. The van der Waals surface area contributed by atoms with Crippen LogP contribution in [-0.2, 0) is 24.4 Å². The van der Waals surface area contributed by atoms with E-state index in [4.69, 9.17) is 15.0 Å². The summed E-state index contributed by atoms with van der Waals surface area (Å²) < 4.78 is 34.3. The molecule has 0 rings (SSSR count). The first kappa shape index (κ1) is 24.5. The molecule has 140 valence electrons. The van der Waals surface area contributed by atoms with Crippen molar-refractivity contribution in [2.24, 2.45) is 11.7 Å². The maximum atomic E-state index is 11.0. The van der Waals surface area contributed by atoms with Crippen LogP contribution in [0.4, 0.5) is 0 Å². The molecule has 24 heavy (non-hydrogen) atoms. The molecular formula is C15H28N2O6S. The van der Waals surface area contributed by atoms with Crippen molar-refractivity contribution < 1.29 is 27.3 Å². The van der Waals surface area contributed by atoms with E-state index in [2.05, 4.69) is 18.5 Å². The van der Waals surface area contributed by atoms with E-state index in [0.29, 0.717) is 12.1 Å². The first-order chi connectivity index (χ1) is 10.8. The largest absolute Gasteiger partial charge is 0.461 e. The third-order valence-electron chi connectivity index (χ3n) is 2.50. The van der Waals surface area contributed by atoms with Gasteiger partial charge in [-0.15, -0.1) is 0 Å². The Morgan fingerprint density at radius 2 is 1.88 bits per heavy atom. The number of nitrogens with one attached hydrogen (secondary N) is 1. The monoisotopic (exact) mass is 364 g/mol. The fraction of sp³-hybridized carbons (Fsp3) is 0.600. The lowest BCUT2D eigenvalue weighted by Gasteiger charge is -2.23. The summed E-state index contributed by atoms with van der Waals surface area (Å²) in [5.41, 5.74) is 4.64. The summed E-state index contributed by atoms with van der Waals surface area (Å²) in [4.78, 5) is 21.8. The quantitative estimate of drug-likeness (QED) is 0.327. The highest BCUT2D eigenvalue weighted by Gasteiger charge is 2.25. The Morgan fingerprint density at radius 3 is 2.21 bits per heavy atom. The van der Waals surface area contributed by atoms with Crippen LogP contribution in [0.2, 0.25) is 0 Å². The number of nitrogens with two attached hydrogens (primary N) is 1. The summed E-state index contributed by atoms with van der Waals surface area (Å²) in [5, 5.41) is 2.37. The number of carbonyl (C=O) groups excluding carboxylic acids is 2. The zero-order chi connectivity index (χ0) is 19.6. The number of hydrogen-bond donors (Lipinski definition) is 3. The van der Waals surface area contributed by atoms with Crippen LogP contribution in [0.25, 0.3) is 0 Å². The molecule has 0 aromatic heterocycles. The van der Waals surface area contributed by atoms with Gasteiger partial charge in [-0.3, -0.25) is 9.35 Å². The average molecular weight is 364 g/mol. The second-order valence-electron chi connectivity index (χ2n) is 5.91. The van der Waals surface area contributed by atoms with Crippen molar-refractivity contribution >= 4 is 22.0 Å². The lowest BCUT2D eigenvalue weighted by atomic mass is 10.1. The molecule has 0 atom stereocenters. The summed E-state index contributed by atoms with van der Waals surface area (Å²) in [5.74, 6) is -1.21. The summed E-state index contributed by atoms with van der Waals surface area (Å²) >= 11 is 0. The second-order valence-corrected chi connectivity index (χ2v) is 7.36. The van der Waals surface area contributed by atoms with Gasteiger partial charge in [0.25, 0.3) is 10.1 Å². The molecule has 0 aromatic carbocycles. The van der Waals surface area contributed by atoms with Crippen molar-refractivity contribution in [3.8, 4) is 0 Å². The Kier molecular flexibility index (Phi) is 11.2. The van der Waals surface area contributed by atoms with E-state index in [1.54, 1.807) is 0 Å². The van der Waals surface area contributed by atoms with Crippen LogP contribution in [-0.4, -0.2) is 49.3 Å². The molecule has 0 saturated carbocycles. The lowest BCUT2D eigenvalue weighted by molar-refractivity contribution is -0.139. The van der Waals surface area contributed by atoms with Crippen LogP contribution in [0.1, 0.15) is 27.7 Å². The van der Waals surface area contributed by atoms with Gasteiger partial charge >= 0.3 is 5.97 Å². The number of ether oxygens (including phenoxy) is 1. The molecule has 0 unspecified atom stereocenters. The van der Waals surface area contributed by atoms with E-state index < -0.39 is 27.3 Å². The Bertz CT molecular complexity index is 552. The number of rotatable bonds is 8. The third kappa shape index (κ3) is 13.9. The number of amides is 1. The van der Waals surface area contributed by atoms with Gasteiger partial charge in [-0.2, -0.15) is 8.42 Å². The van der Waals surface area contributed by atoms with Crippen molar-refractivity contribution in [3.63, 3.8) is 0 Å². The number of carbonyl (C=O) groups is 2. The first-order valence-electron chi connectivity index (χ1n) is 7.21. The van der Waals surface area contributed by atoms with Crippen LogP contribution >= 0.6 is 0 Å². The topological polar surface area (TPSA) is 136 Å². The summed E-state index contributed by atoms with van der Waals surface area (Å²) in [6.45, 7) is 14.2. The highest BCUT2D eigenvalue weighted by molar-refractivity contribution is 7.85. The second kappa shape index (κ2) is 11.0. The maximum absolute atomic E-state index is 11.0. The summed E-state index contributed by atoms with van der Waals surface area (Å²) in [6, 6.07) is 0. The van der Waals surface area contributed by atoms with E-state index in [1.165, 1.54) is 13.8 Å². The number of hydrogen-bond acceptors (Lipinski definition) is 6. The Labute approximate surface area is 143 Å². The van der Waals surface area contributed by atoms with E-state index in [9.17, 15) is 18.0 Å². The molecule has 0 fully saturated rings. The van der Waals surface area contributed by atoms with Crippen molar-refractivity contribution in [2.75, 3.05) is 18.9 Å². The van der Waals surface area contributed by atoms with E-state index in [-0.39, 0.29) is 18.5 Å². The van der Waals surface area contributed by atoms with Crippen LogP contribution in [0.5, 0.6) is 0 Å². The van der Waals surface area contributed by atoms with Gasteiger partial charge in [0.2, 0.25) is 5.91 Å². The van der Waals surface area contributed by atoms with Gasteiger partial charge in [0.15, 0.2) is 0 Å². The Balaban J connectivity index is 0. The molecule has 0 aliphatic carbocycles. The van der Waals surface area contributed by atoms with Gasteiger partial charge in [0.1, 0.15) is 6.61 Å². The molecule has 0 radical (unpaired) electrons. The Hall–Kier alpha value is -1.71. The minimum Gasteiger partial charge on any atom is -0.461 e. The summed E-state index contributed by atoms with van der Waals surface area (Å²) in [7, 11) is -4.08. The minimum absolute atomic E-state index is 0.139. The normalized spacial score (nSPS) is 11.1. The highest BCUT2D eigenvalue weighted by Crippen LogP contribution is 2.07. The molecule has 0 bridgehead atoms. The molecule has 9 heteroatoms. The fourth-order valence-electron chi connectivity index (χ4n) is 1.36. The van der Waals surface area contributed by atoms with E-state index in [1.807, 2.05) is 13.8 Å². The van der Waals surface area contributed by atoms with Gasteiger partial charge in [-0.1, -0.05) is 27.0 Å². The minimum atomic E-state index is -4.08. The van der Waals surface area contributed by atoms with Crippen molar-refractivity contribution in [2.45, 2.75) is 33.2 Å². The first-order valence-corrected chi connectivity index (χ1v) is 8.82. The van der Waals surface area contributed by atoms with Crippen LogP contribution in [0, 0.1) is 5.92 Å². The van der Waals surface area contributed by atoms with Crippen molar-refractivity contribution in [1.82, 2.24) is 5.32 Å². The molecule has 1 amide bonds. The standard InChI is InChI=1S/C8H15NO2.C7H13NO4S/c1-6(2)7(3)8(10)11-5-4-9;1-4-6(9)8-7(2,3)5-13(10,11)12/h6H,3-5,9H2,1-2H3;4H,1,5H2,2-3H3,(H,8,9)(H,10,11,12). The van der Waals surface area contributed by atoms with Gasteiger partial charge in [0.05, 0.1) is 11.3 Å². The van der Waals surface area contributed by atoms with Crippen molar-refractivity contribution in [1.29, 1.82) is 0 Å². The van der Waals surface area contributed by atoms with Crippen LogP contribution in [0.3, 0.4) is 0 Å². The molecule has 4 N–H and O–H groups in total. The molecule has 0 saturated heterocycles. The smallest absolute Gasteiger partial charge is 0.333 e. The van der Waals surface area contributed by atoms with E-state index >= 15 is 0 Å². The molecule has 0 spiro atoms. The zero-order valence-corrected chi connectivity index (χ0v) is 15.5. The van der Waals surface area contributed by atoms with Crippen LogP contribution < -0.4 is 11.1 Å². The van der Waals surface area contributed by atoms with Crippen LogP contribution in [0.15, 0.2) is 24.8 Å². The van der Waals surface area contributed by atoms with Gasteiger partial charge in [-0.05, 0) is 25.8 Å². The predicted octanol–water partition coefficient (Wildman–Crippen LogP) is 0.656. The Morgan fingerprint density at radius 1 is 1.38 bits per heavy atom. The molecule has 0 heterocycles. The molecule has 8 nitrogen and oxygen atoms in total. The van der Waals surface area contributed by atoms with Gasteiger partial charge in [0, 0.05) is 12.1 Å². The third-order valence-corrected chi connectivity index (χ3v) is 3.59. The average Bonchev–Trinajstić information content (AvgIpc) is 2.40. The molecule has 0 aromatic rings. The maximum Gasteiger partial charge on any atom is 0.333 e. The van der Waals surface area contributed by atoms with Gasteiger partial charge in [-0.25, -0.2) is 4.79 Å². The van der Waals surface area contributed by atoms with Crippen molar-refractivity contribution in [3.05, 3.63) is 24.8 Å². The van der Waals surface area contributed by atoms with Gasteiger partial charge < -0.3 is 15.8 Å².